The van der Waals surface area contributed by atoms with Crippen molar-refractivity contribution in [2.45, 2.75) is 59.7 Å². The monoisotopic (exact) mass is 479 g/mol. The van der Waals surface area contributed by atoms with Crippen LogP contribution in [0.5, 0.6) is 0 Å². The van der Waals surface area contributed by atoms with E-state index in [1.54, 1.807) is 0 Å². The highest BCUT2D eigenvalue weighted by atomic mass is 79.9. The van der Waals surface area contributed by atoms with E-state index in [-0.39, 0.29) is 5.41 Å². The van der Waals surface area contributed by atoms with E-state index in [9.17, 15) is 0 Å². The van der Waals surface area contributed by atoms with Crippen LogP contribution in [0.1, 0.15) is 37.5 Å². The van der Waals surface area contributed by atoms with Crippen LogP contribution < -0.4 is 10.1 Å². The fraction of sp³-hybridized carbons (Fsp3) is 0.333. The minimum atomic E-state index is -1.33. The van der Waals surface area contributed by atoms with Crippen molar-refractivity contribution in [1.82, 2.24) is 0 Å². The van der Waals surface area contributed by atoms with E-state index in [1.807, 2.05) is 0 Å². The molecule has 0 aromatic heterocycles. The quantitative estimate of drug-likeness (QED) is 0.339. The Bertz CT molecular complexity index is 999. The molecule has 0 N–H and O–H groups in total. The molecular formula is C27H34BrNSi. The summed E-state index contributed by atoms with van der Waals surface area (Å²) < 4.78 is 1.09. The van der Waals surface area contributed by atoms with E-state index in [0.717, 1.165) is 4.47 Å². The molecule has 3 heteroatoms. The Labute approximate surface area is 192 Å². The Hall–Kier alpha value is -1.84. The Kier molecular flexibility index (Phi) is 6.36. The first-order valence-corrected chi connectivity index (χ1v) is 15.0. The first-order chi connectivity index (χ1) is 13.9. The lowest BCUT2D eigenvalue weighted by atomic mass is 9.84. The summed E-state index contributed by atoms with van der Waals surface area (Å²) in [5, 5.41) is 1.48. The summed E-state index contributed by atoms with van der Waals surface area (Å²) in [7, 11) is -1.33. The van der Waals surface area contributed by atoms with Crippen molar-refractivity contribution in [2.75, 3.05) is 4.90 Å². The molecule has 0 heterocycles. The van der Waals surface area contributed by atoms with E-state index in [1.165, 1.54) is 38.9 Å². The molecule has 0 unspecified atom stereocenters. The molecule has 3 rings (SSSR count). The predicted molar refractivity (Wildman–Crippen MR) is 140 cm³/mol. The molecule has 1 nitrogen and oxygen atoms in total. The van der Waals surface area contributed by atoms with Crippen LogP contribution in [0.15, 0.2) is 65.1 Å². The number of halogens is 1. The normalized spacial score (nSPS) is 12.2. The third-order valence-electron chi connectivity index (χ3n) is 5.66. The topological polar surface area (TPSA) is 3.24 Å². The molecule has 158 valence electrons. The molecule has 0 spiro atoms. The van der Waals surface area contributed by atoms with Gasteiger partial charge in [0.05, 0.1) is 13.8 Å². The molecule has 0 saturated heterocycles. The maximum Gasteiger partial charge on any atom is 0.0775 e. The Morgan fingerprint density at radius 2 is 1.17 bits per heavy atom. The number of rotatable bonds is 4. The molecular weight excluding hydrogens is 446 g/mol. The van der Waals surface area contributed by atoms with Gasteiger partial charge in [-0.3, -0.25) is 0 Å². The number of hydrogen-bond acceptors (Lipinski definition) is 1. The van der Waals surface area contributed by atoms with Gasteiger partial charge in [-0.2, -0.15) is 0 Å². The molecule has 3 aromatic rings. The van der Waals surface area contributed by atoms with E-state index in [0.29, 0.717) is 0 Å². The molecule has 30 heavy (non-hydrogen) atoms. The van der Waals surface area contributed by atoms with Gasteiger partial charge in [-0.05, 0) is 72.4 Å². The van der Waals surface area contributed by atoms with Crippen LogP contribution >= 0.6 is 15.9 Å². The van der Waals surface area contributed by atoms with Gasteiger partial charge in [-0.25, -0.2) is 0 Å². The molecule has 0 aliphatic heterocycles. The average Bonchev–Trinajstić information content (AvgIpc) is 2.64. The van der Waals surface area contributed by atoms with Crippen LogP contribution in [0, 0.1) is 13.8 Å². The van der Waals surface area contributed by atoms with E-state index in [4.69, 9.17) is 0 Å². The Morgan fingerprint density at radius 3 is 1.57 bits per heavy atom. The molecule has 0 radical (unpaired) electrons. The van der Waals surface area contributed by atoms with Crippen LogP contribution in [0.4, 0.5) is 17.1 Å². The van der Waals surface area contributed by atoms with Gasteiger partial charge in [-0.15, -0.1) is 0 Å². The van der Waals surface area contributed by atoms with Crippen molar-refractivity contribution in [1.29, 1.82) is 0 Å². The lowest BCUT2D eigenvalue weighted by Gasteiger charge is -2.31. The van der Waals surface area contributed by atoms with Crippen LogP contribution in [0.3, 0.4) is 0 Å². The molecule has 0 atom stereocenters. The highest BCUT2D eigenvalue weighted by molar-refractivity contribution is 9.10. The van der Waals surface area contributed by atoms with Crippen molar-refractivity contribution in [3.05, 3.63) is 81.8 Å². The van der Waals surface area contributed by atoms with Crippen LogP contribution in [0.25, 0.3) is 0 Å². The summed E-state index contributed by atoms with van der Waals surface area (Å²) in [6, 6.07) is 22.5. The van der Waals surface area contributed by atoms with Gasteiger partial charge < -0.3 is 4.90 Å². The highest BCUT2D eigenvalue weighted by Crippen LogP contribution is 2.40. The van der Waals surface area contributed by atoms with Crippen molar-refractivity contribution >= 4 is 46.3 Å². The second-order valence-corrected chi connectivity index (χ2v) is 16.3. The first kappa shape index (κ1) is 22.8. The van der Waals surface area contributed by atoms with Crippen LogP contribution in [0.2, 0.25) is 19.6 Å². The predicted octanol–water partition coefficient (Wildman–Crippen LogP) is 8.38. The summed E-state index contributed by atoms with van der Waals surface area (Å²) >= 11 is 3.58. The van der Waals surface area contributed by atoms with Gasteiger partial charge in [0.2, 0.25) is 0 Å². The standard InChI is InChI=1S/C27H34BrNSi/c1-19-17-21(27(3,4)5)18-20(2)26(19)29(23-11-9-22(28)10-12-23)24-13-15-25(16-14-24)30(6,7)8/h9-18H,1-8H3. The van der Waals surface area contributed by atoms with Gasteiger partial charge in [0.15, 0.2) is 0 Å². The van der Waals surface area contributed by atoms with Gasteiger partial charge in [0, 0.05) is 15.8 Å². The van der Waals surface area contributed by atoms with Crippen molar-refractivity contribution in [2.24, 2.45) is 0 Å². The lowest BCUT2D eigenvalue weighted by molar-refractivity contribution is 0.589. The zero-order chi connectivity index (χ0) is 22.3. The minimum Gasteiger partial charge on any atom is -0.310 e. The summed E-state index contributed by atoms with van der Waals surface area (Å²) in [6.45, 7) is 18.5. The second-order valence-electron chi connectivity index (χ2n) is 10.3. The third-order valence-corrected chi connectivity index (χ3v) is 8.25. The minimum absolute atomic E-state index is 0.134. The second kappa shape index (κ2) is 8.36. The number of nitrogens with zero attached hydrogens (tertiary/aromatic N) is 1. The summed E-state index contributed by atoms with van der Waals surface area (Å²) in [5.74, 6) is 0. The van der Waals surface area contributed by atoms with Crippen molar-refractivity contribution < 1.29 is 0 Å². The van der Waals surface area contributed by atoms with Gasteiger partial charge >= 0.3 is 0 Å². The van der Waals surface area contributed by atoms with Crippen molar-refractivity contribution in [3.63, 3.8) is 0 Å². The maximum absolute atomic E-state index is 3.58. The van der Waals surface area contributed by atoms with Gasteiger partial charge in [0.25, 0.3) is 0 Å². The zero-order valence-corrected chi connectivity index (χ0v) is 22.2. The summed E-state index contributed by atoms with van der Waals surface area (Å²) in [5.41, 5.74) is 7.77. The molecule has 0 fully saturated rings. The molecule has 0 aliphatic rings. The van der Waals surface area contributed by atoms with E-state index >= 15 is 0 Å². The van der Waals surface area contributed by atoms with E-state index in [2.05, 4.69) is 136 Å². The molecule has 0 amide bonds. The number of aryl methyl sites for hydroxylation is 2. The van der Waals surface area contributed by atoms with Crippen LogP contribution in [-0.4, -0.2) is 8.07 Å². The lowest BCUT2D eigenvalue weighted by Crippen LogP contribution is -2.37. The molecule has 3 aromatic carbocycles. The molecule has 0 aliphatic carbocycles. The van der Waals surface area contributed by atoms with Crippen LogP contribution in [-0.2, 0) is 5.41 Å². The number of benzene rings is 3. The number of anilines is 3. The average molecular weight is 481 g/mol. The van der Waals surface area contributed by atoms with Gasteiger partial charge in [0.1, 0.15) is 0 Å². The third kappa shape index (κ3) is 4.89. The Balaban J connectivity index is 2.20. The number of hydrogen-bond donors (Lipinski definition) is 0. The van der Waals surface area contributed by atoms with Gasteiger partial charge in [-0.1, -0.05) is 85.8 Å². The summed E-state index contributed by atoms with van der Waals surface area (Å²) in [4.78, 5) is 2.40. The maximum atomic E-state index is 3.58. The van der Waals surface area contributed by atoms with Crippen molar-refractivity contribution in [3.8, 4) is 0 Å². The molecule has 0 saturated carbocycles. The zero-order valence-electron chi connectivity index (χ0n) is 19.6. The largest absolute Gasteiger partial charge is 0.310 e. The van der Waals surface area contributed by atoms with E-state index < -0.39 is 8.07 Å². The fourth-order valence-corrected chi connectivity index (χ4v) is 5.28. The molecule has 0 bridgehead atoms. The smallest absolute Gasteiger partial charge is 0.0775 e. The first-order valence-electron chi connectivity index (χ1n) is 10.7. The summed E-state index contributed by atoms with van der Waals surface area (Å²) in [6.07, 6.45) is 0. The fourth-order valence-electron chi connectivity index (χ4n) is 3.85. The SMILES string of the molecule is Cc1cc(C(C)(C)C)cc(C)c1N(c1ccc(Br)cc1)c1ccc([Si](C)(C)C)cc1. The Morgan fingerprint density at radius 1 is 0.733 bits per heavy atom. The highest BCUT2D eigenvalue weighted by Gasteiger charge is 2.22.